The first-order valence-corrected chi connectivity index (χ1v) is 6.00. The average molecular weight is 303 g/mol. The number of halogens is 3. The molecule has 0 unspecified atom stereocenters. The summed E-state index contributed by atoms with van der Waals surface area (Å²) in [5.74, 6) is -0.426. The molecule has 0 amide bonds. The van der Waals surface area contributed by atoms with Crippen LogP contribution in [0, 0.1) is 0 Å². The first-order valence-electron chi connectivity index (χ1n) is 5.18. The van der Waals surface area contributed by atoms with Gasteiger partial charge < -0.3 is 15.4 Å². The standard InChI is InChI=1S/C11H8F3N3O2S/c12-11(13,14)6-1-2-8(7(5-6)9(15)17-18)20-10-16-3-4-19-10/h1-5,18H,(H2,15,17). The van der Waals surface area contributed by atoms with Crippen LogP contribution in [0.4, 0.5) is 13.2 Å². The van der Waals surface area contributed by atoms with Gasteiger partial charge >= 0.3 is 6.18 Å². The lowest BCUT2D eigenvalue weighted by atomic mass is 10.1. The number of hydrogen-bond donors (Lipinski definition) is 2. The molecule has 5 nitrogen and oxygen atoms in total. The number of aromatic nitrogens is 1. The minimum absolute atomic E-state index is 0.0504. The van der Waals surface area contributed by atoms with Gasteiger partial charge in [-0.05, 0) is 30.0 Å². The highest BCUT2D eigenvalue weighted by Gasteiger charge is 2.31. The maximum atomic E-state index is 12.7. The second-order valence-corrected chi connectivity index (χ2v) is 4.59. The van der Waals surface area contributed by atoms with Crippen LogP contribution in [0.5, 0.6) is 0 Å². The van der Waals surface area contributed by atoms with Gasteiger partial charge in [-0.2, -0.15) is 13.2 Å². The third-order valence-electron chi connectivity index (χ3n) is 2.30. The minimum atomic E-state index is -4.52. The first kappa shape index (κ1) is 14.3. The van der Waals surface area contributed by atoms with Gasteiger partial charge in [-0.25, -0.2) is 4.98 Å². The molecular weight excluding hydrogens is 295 g/mol. The Kier molecular flexibility index (Phi) is 3.89. The van der Waals surface area contributed by atoms with Gasteiger partial charge in [-0.1, -0.05) is 5.16 Å². The van der Waals surface area contributed by atoms with Crippen LogP contribution in [-0.4, -0.2) is 16.0 Å². The zero-order valence-corrected chi connectivity index (χ0v) is 10.6. The Bertz CT molecular complexity index is 626. The highest BCUT2D eigenvalue weighted by molar-refractivity contribution is 7.99. The zero-order chi connectivity index (χ0) is 14.8. The van der Waals surface area contributed by atoms with Crippen LogP contribution in [0.15, 0.2) is 50.4 Å². The Balaban J connectivity index is 2.46. The smallest absolute Gasteiger partial charge is 0.416 e. The molecular formula is C11H8F3N3O2S. The number of oxazole rings is 1. The Hall–Kier alpha value is -2.16. The summed E-state index contributed by atoms with van der Waals surface area (Å²) < 4.78 is 43.0. The van der Waals surface area contributed by atoms with Crippen molar-refractivity contribution >= 4 is 17.6 Å². The molecule has 0 saturated heterocycles. The molecule has 3 N–H and O–H groups in total. The van der Waals surface area contributed by atoms with Gasteiger partial charge in [0.1, 0.15) is 6.26 Å². The lowest BCUT2D eigenvalue weighted by Crippen LogP contribution is -2.16. The fraction of sp³-hybridized carbons (Fsp3) is 0.0909. The van der Waals surface area contributed by atoms with Gasteiger partial charge in [0.25, 0.3) is 5.22 Å². The second-order valence-electron chi connectivity index (χ2n) is 3.59. The molecule has 9 heteroatoms. The van der Waals surface area contributed by atoms with Crippen molar-refractivity contribution in [2.75, 3.05) is 0 Å². The van der Waals surface area contributed by atoms with E-state index in [1.165, 1.54) is 18.5 Å². The van der Waals surface area contributed by atoms with E-state index in [0.717, 1.165) is 23.9 Å². The molecule has 1 aromatic heterocycles. The molecule has 1 heterocycles. The maximum Gasteiger partial charge on any atom is 0.416 e. The molecule has 2 aromatic rings. The molecule has 0 aliphatic rings. The summed E-state index contributed by atoms with van der Waals surface area (Å²) in [6, 6.07) is 2.92. The fourth-order valence-corrected chi connectivity index (χ4v) is 2.22. The SMILES string of the molecule is N/C(=N/O)c1cc(C(F)(F)F)ccc1Sc1ncco1. The highest BCUT2D eigenvalue weighted by Crippen LogP contribution is 2.35. The Morgan fingerprint density at radius 2 is 2.15 bits per heavy atom. The van der Waals surface area contributed by atoms with Crippen LogP contribution < -0.4 is 5.73 Å². The zero-order valence-electron chi connectivity index (χ0n) is 9.76. The van der Waals surface area contributed by atoms with Crippen LogP contribution >= 0.6 is 11.8 Å². The molecule has 2 rings (SSSR count). The maximum absolute atomic E-state index is 12.7. The number of nitrogens with two attached hydrogens (primary N) is 1. The van der Waals surface area contributed by atoms with Crippen LogP contribution in [0.1, 0.15) is 11.1 Å². The van der Waals surface area contributed by atoms with E-state index in [1.807, 2.05) is 0 Å². The van der Waals surface area contributed by atoms with Crippen molar-refractivity contribution in [3.63, 3.8) is 0 Å². The van der Waals surface area contributed by atoms with E-state index in [1.54, 1.807) is 0 Å². The third kappa shape index (κ3) is 3.05. The number of alkyl halides is 3. The number of rotatable bonds is 3. The van der Waals surface area contributed by atoms with Crippen LogP contribution in [0.25, 0.3) is 0 Å². The van der Waals surface area contributed by atoms with E-state index in [4.69, 9.17) is 15.4 Å². The summed E-state index contributed by atoms with van der Waals surface area (Å²) in [6.45, 7) is 0. The predicted molar refractivity (Wildman–Crippen MR) is 64.6 cm³/mol. The third-order valence-corrected chi connectivity index (χ3v) is 3.25. The first-order chi connectivity index (χ1) is 9.41. The quantitative estimate of drug-likeness (QED) is 0.394. The van der Waals surface area contributed by atoms with E-state index >= 15 is 0 Å². The lowest BCUT2D eigenvalue weighted by molar-refractivity contribution is -0.137. The molecule has 0 spiro atoms. The highest BCUT2D eigenvalue weighted by atomic mass is 32.2. The predicted octanol–water partition coefficient (Wildman–Crippen LogP) is 2.94. The largest absolute Gasteiger partial charge is 0.440 e. The Morgan fingerprint density at radius 1 is 1.40 bits per heavy atom. The fourth-order valence-electron chi connectivity index (χ4n) is 1.40. The minimum Gasteiger partial charge on any atom is -0.440 e. The molecule has 0 aliphatic carbocycles. The molecule has 1 aromatic carbocycles. The van der Waals surface area contributed by atoms with E-state index in [2.05, 4.69) is 10.1 Å². The monoisotopic (exact) mass is 303 g/mol. The topological polar surface area (TPSA) is 84.6 Å². The van der Waals surface area contributed by atoms with E-state index < -0.39 is 17.6 Å². The number of amidine groups is 1. The summed E-state index contributed by atoms with van der Waals surface area (Å²) >= 11 is 0.967. The van der Waals surface area contributed by atoms with E-state index in [9.17, 15) is 13.2 Å². The summed E-state index contributed by atoms with van der Waals surface area (Å²) in [4.78, 5) is 4.17. The van der Waals surface area contributed by atoms with Crippen molar-refractivity contribution in [1.82, 2.24) is 4.98 Å². The van der Waals surface area contributed by atoms with E-state index in [0.29, 0.717) is 4.90 Å². The van der Waals surface area contributed by atoms with Gasteiger partial charge in [0, 0.05) is 10.5 Å². The molecule has 0 aliphatic heterocycles. The lowest BCUT2D eigenvalue weighted by Gasteiger charge is -2.11. The van der Waals surface area contributed by atoms with Gasteiger partial charge in [0.15, 0.2) is 5.84 Å². The molecule has 106 valence electrons. The Morgan fingerprint density at radius 3 is 2.70 bits per heavy atom. The van der Waals surface area contributed by atoms with Crippen molar-refractivity contribution in [1.29, 1.82) is 0 Å². The number of nitrogens with zero attached hydrogens (tertiary/aromatic N) is 2. The van der Waals surface area contributed by atoms with Crippen LogP contribution in [0.3, 0.4) is 0 Å². The van der Waals surface area contributed by atoms with Crippen LogP contribution in [-0.2, 0) is 6.18 Å². The molecule has 0 bridgehead atoms. The average Bonchev–Trinajstić information content (AvgIpc) is 2.90. The van der Waals surface area contributed by atoms with Crippen molar-refractivity contribution in [3.8, 4) is 0 Å². The molecule has 0 atom stereocenters. The van der Waals surface area contributed by atoms with Crippen molar-refractivity contribution in [3.05, 3.63) is 41.8 Å². The molecule has 0 saturated carbocycles. The van der Waals surface area contributed by atoms with Gasteiger partial charge in [0.05, 0.1) is 11.8 Å². The number of benzene rings is 1. The summed E-state index contributed by atoms with van der Waals surface area (Å²) in [5, 5.41) is 11.6. The molecule has 0 fully saturated rings. The normalized spacial score (nSPS) is 12.7. The van der Waals surface area contributed by atoms with E-state index in [-0.39, 0.29) is 10.8 Å². The summed E-state index contributed by atoms with van der Waals surface area (Å²) in [7, 11) is 0. The van der Waals surface area contributed by atoms with Crippen molar-refractivity contribution in [2.45, 2.75) is 16.3 Å². The van der Waals surface area contributed by atoms with Crippen molar-refractivity contribution in [2.24, 2.45) is 10.9 Å². The number of oxime groups is 1. The van der Waals surface area contributed by atoms with Crippen LogP contribution in [0.2, 0.25) is 0 Å². The number of hydrogen-bond acceptors (Lipinski definition) is 5. The van der Waals surface area contributed by atoms with Gasteiger partial charge in [-0.15, -0.1) is 0 Å². The Labute approximate surface area is 115 Å². The van der Waals surface area contributed by atoms with Gasteiger partial charge in [0.2, 0.25) is 0 Å². The molecule has 0 radical (unpaired) electrons. The van der Waals surface area contributed by atoms with Gasteiger partial charge in [-0.3, -0.25) is 0 Å². The summed E-state index contributed by atoms with van der Waals surface area (Å²) in [5.41, 5.74) is 4.46. The second kappa shape index (κ2) is 5.45. The summed E-state index contributed by atoms with van der Waals surface area (Å²) in [6.07, 6.45) is -1.79. The van der Waals surface area contributed by atoms with Crippen molar-refractivity contribution < 1.29 is 22.8 Å². The molecule has 20 heavy (non-hydrogen) atoms.